The van der Waals surface area contributed by atoms with Gasteiger partial charge in [-0.25, -0.2) is 0 Å². The van der Waals surface area contributed by atoms with Gasteiger partial charge in [-0.2, -0.15) is 0 Å². The number of unbranched alkanes of at least 4 members (excludes halogenated alkanes) is 36. The van der Waals surface area contributed by atoms with Crippen LogP contribution in [0.1, 0.15) is 322 Å². The highest BCUT2D eigenvalue weighted by molar-refractivity contribution is 5.76. The number of hydrogen-bond donors (Lipinski definition) is 12. The fourth-order valence-electron chi connectivity index (χ4n) is 14.2. The van der Waals surface area contributed by atoms with Gasteiger partial charge in [-0.3, -0.25) is 4.79 Å². The Morgan fingerprint density at radius 1 is 0.333 bits per heavy atom. The zero-order valence-electron chi connectivity index (χ0n) is 68.9. The van der Waals surface area contributed by atoms with Crippen LogP contribution < -0.4 is 5.32 Å². The van der Waals surface area contributed by atoms with Gasteiger partial charge in [-0.1, -0.05) is 341 Å². The maximum absolute atomic E-state index is 13.5. The van der Waals surface area contributed by atoms with Crippen molar-refractivity contribution in [3.63, 3.8) is 0 Å². The number of nitrogens with one attached hydrogen (secondary N) is 1. The predicted octanol–water partition coefficient (Wildman–Crippen LogP) is 16.6. The zero-order valence-corrected chi connectivity index (χ0v) is 68.9. The number of rotatable bonds is 70. The molecule has 3 saturated heterocycles. The molecule has 3 aliphatic heterocycles. The molecule has 640 valence electrons. The van der Waals surface area contributed by atoms with Gasteiger partial charge in [0.05, 0.1) is 38.6 Å². The molecule has 0 aliphatic carbocycles. The first-order chi connectivity index (χ1) is 54.3. The van der Waals surface area contributed by atoms with E-state index in [-0.39, 0.29) is 18.9 Å². The van der Waals surface area contributed by atoms with E-state index in [1.807, 2.05) is 6.08 Å². The number of amides is 1. The molecule has 0 bridgehead atoms. The lowest BCUT2D eigenvalue weighted by molar-refractivity contribution is -0.379. The molecule has 3 fully saturated rings. The molecule has 17 unspecified atom stereocenters. The van der Waals surface area contributed by atoms with E-state index in [1.165, 1.54) is 199 Å². The summed E-state index contributed by atoms with van der Waals surface area (Å²) in [7, 11) is 0. The van der Waals surface area contributed by atoms with E-state index in [0.717, 1.165) is 89.9 Å². The minimum Gasteiger partial charge on any atom is -0.394 e. The van der Waals surface area contributed by atoms with Crippen LogP contribution in [0, 0.1) is 0 Å². The Bertz CT molecular complexity index is 2480. The molecule has 0 aromatic heterocycles. The molecule has 0 saturated carbocycles. The molecule has 111 heavy (non-hydrogen) atoms. The van der Waals surface area contributed by atoms with Gasteiger partial charge in [-0.05, 0) is 96.3 Å². The molecule has 3 rings (SSSR count). The number of aliphatic hydroxyl groups excluding tert-OH is 11. The number of carbonyl (C=O) groups excluding carboxylic acids is 1. The second-order valence-electron chi connectivity index (χ2n) is 31.0. The van der Waals surface area contributed by atoms with Crippen molar-refractivity contribution in [2.45, 2.75) is 426 Å². The summed E-state index contributed by atoms with van der Waals surface area (Å²) in [5, 5.41) is 121. The lowest BCUT2D eigenvalue weighted by Gasteiger charge is -2.48. The van der Waals surface area contributed by atoms with Gasteiger partial charge in [0.1, 0.15) is 73.2 Å². The van der Waals surface area contributed by atoms with Gasteiger partial charge in [0.15, 0.2) is 18.9 Å². The van der Waals surface area contributed by atoms with Crippen LogP contribution in [-0.4, -0.2) is 193 Å². The first-order valence-electron chi connectivity index (χ1n) is 44.3. The van der Waals surface area contributed by atoms with Crippen LogP contribution in [0.5, 0.6) is 0 Å². The Hall–Kier alpha value is -3.81. The first kappa shape index (κ1) is 101. The van der Waals surface area contributed by atoms with Crippen molar-refractivity contribution in [1.82, 2.24) is 5.32 Å². The summed E-state index contributed by atoms with van der Waals surface area (Å²) in [5.41, 5.74) is 0. The third kappa shape index (κ3) is 49.1. The summed E-state index contributed by atoms with van der Waals surface area (Å²) in [6, 6.07) is -0.998. The van der Waals surface area contributed by atoms with Crippen molar-refractivity contribution >= 4 is 5.91 Å². The molecule has 3 aliphatic rings. The Balaban J connectivity index is 1.33. The van der Waals surface area contributed by atoms with Crippen LogP contribution in [0.3, 0.4) is 0 Å². The smallest absolute Gasteiger partial charge is 0.220 e. The molecule has 0 aromatic rings. The van der Waals surface area contributed by atoms with Gasteiger partial charge < -0.3 is 89.9 Å². The maximum Gasteiger partial charge on any atom is 0.220 e. The van der Waals surface area contributed by atoms with Crippen LogP contribution in [0.25, 0.3) is 0 Å². The molecule has 1 amide bonds. The molecule has 19 nitrogen and oxygen atoms in total. The average Bonchev–Trinajstić information content (AvgIpc) is 0.780. The maximum atomic E-state index is 13.5. The summed E-state index contributed by atoms with van der Waals surface area (Å²) in [5.74, 6) is -0.285. The number of hydrogen-bond acceptors (Lipinski definition) is 18. The lowest BCUT2D eigenvalue weighted by atomic mass is 9.96. The number of ether oxygens (including phenoxy) is 6. The highest BCUT2D eigenvalue weighted by Crippen LogP contribution is 2.33. The van der Waals surface area contributed by atoms with E-state index in [0.29, 0.717) is 12.8 Å². The molecule has 17 atom stereocenters. The SMILES string of the molecule is CC/C=C\C/C=C\C/C=C\C/C=C\C/C=C\C/C=C\C/C=C\C/C=C\CCCCCCCCCCCCCCCCCCC(=O)NC(COC1OC(CO)C(OC2OC(CO)C(OC3OC(CO)C(O)C(O)C3O)C(O)C2O)C(O)C1O)C(O)/C=C/CC/C=C/CCCCCCCCCCCCCCCCCCCCC. The normalized spacial score (nSPS) is 25.6. The fraction of sp³-hybridized carbons (Fsp3) is 0.772. The molecule has 0 radical (unpaired) electrons. The lowest BCUT2D eigenvalue weighted by Crippen LogP contribution is -2.66. The van der Waals surface area contributed by atoms with Crippen molar-refractivity contribution in [1.29, 1.82) is 0 Å². The summed E-state index contributed by atoms with van der Waals surface area (Å²) in [4.78, 5) is 13.5. The first-order valence-corrected chi connectivity index (χ1v) is 44.3. The number of aliphatic hydroxyl groups is 11. The highest BCUT2D eigenvalue weighted by atomic mass is 16.8. The van der Waals surface area contributed by atoms with Gasteiger partial charge in [-0.15, -0.1) is 0 Å². The molecule has 19 heteroatoms. The van der Waals surface area contributed by atoms with Gasteiger partial charge in [0, 0.05) is 6.42 Å². The van der Waals surface area contributed by atoms with Crippen molar-refractivity contribution in [3.8, 4) is 0 Å². The summed E-state index contributed by atoms with van der Waals surface area (Å²) >= 11 is 0. The van der Waals surface area contributed by atoms with E-state index in [9.17, 15) is 61.0 Å². The minimum atomic E-state index is -1.99. The second kappa shape index (κ2) is 70.4. The largest absolute Gasteiger partial charge is 0.394 e. The fourth-order valence-corrected chi connectivity index (χ4v) is 14.2. The number of carbonyl (C=O) groups is 1. The van der Waals surface area contributed by atoms with E-state index in [4.69, 9.17) is 28.4 Å². The van der Waals surface area contributed by atoms with Gasteiger partial charge in [0.2, 0.25) is 5.91 Å². The zero-order chi connectivity index (χ0) is 80.3. The monoisotopic (exact) mass is 1570 g/mol. The third-order valence-electron chi connectivity index (χ3n) is 21.2. The summed E-state index contributed by atoms with van der Waals surface area (Å²) in [6.45, 7) is 1.63. The summed E-state index contributed by atoms with van der Waals surface area (Å²) in [6.07, 6.45) is 73.4. The highest BCUT2D eigenvalue weighted by Gasteiger charge is 2.54. The van der Waals surface area contributed by atoms with Crippen LogP contribution in [0.15, 0.2) is 122 Å². The van der Waals surface area contributed by atoms with Crippen molar-refractivity contribution in [3.05, 3.63) is 122 Å². The Kier molecular flexibility index (Phi) is 64.3. The standard InChI is InChI=1S/C92H159NO18/c1-3-5-7-9-11-13-15-17-19-21-23-25-27-29-30-31-32-33-34-35-36-37-38-39-40-41-42-43-44-46-48-50-52-54-56-58-60-62-64-66-68-70-80(98)93-75(76(97)69-67-65-63-61-59-57-55-53-51-49-47-45-28-26-24-22-20-18-16-14-12-10-8-6-4-2)74-106-90-86(104)83(101)88(78(72-95)108-90)111-92-87(105)84(102)89(79(73-96)109-92)110-91-85(103)82(100)81(99)77(71-94)107-91/h5,7,11,13,17,19,23,25,29-30,32-33,35-36,38-39,59,61,67,69,75-79,81-92,94-97,99-105H,3-4,6,8-10,12,14-16,18,20-22,24,26-28,31,34,37,40-58,60,62-66,68,70-74H2,1-2H3,(H,93,98)/b7-5-,13-11-,19-17-,25-23-,30-29-,33-32-,36-35-,39-38-,61-59+,69-67+. The Morgan fingerprint density at radius 3 is 1.01 bits per heavy atom. The van der Waals surface area contributed by atoms with Crippen molar-refractivity contribution in [2.75, 3.05) is 26.4 Å². The minimum absolute atomic E-state index is 0.231. The third-order valence-corrected chi connectivity index (χ3v) is 21.2. The molecule has 0 aromatic carbocycles. The van der Waals surface area contributed by atoms with Crippen LogP contribution in [0.2, 0.25) is 0 Å². The van der Waals surface area contributed by atoms with Gasteiger partial charge >= 0.3 is 0 Å². The summed E-state index contributed by atoms with van der Waals surface area (Å²) < 4.78 is 34.5. The van der Waals surface area contributed by atoms with E-state index >= 15 is 0 Å². The predicted molar refractivity (Wildman–Crippen MR) is 447 cm³/mol. The quantitative estimate of drug-likeness (QED) is 0.0199. The molecule has 3 heterocycles. The average molecular weight is 1570 g/mol. The molecular formula is C92H159NO18. The van der Waals surface area contributed by atoms with Crippen LogP contribution in [-0.2, 0) is 33.2 Å². The topological polar surface area (TPSA) is 307 Å². The number of allylic oxidation sites excluding steroid dienone is 19. The van der Waals surface area contributed by atoms with Crippen LogP contribution >= 0.6 is 0 Å². The van der Waals surface area contributed by atoms with E-state index in [2.05, 4.69) is 129 Å². The molecule has 0 spiro atoms. The second-order valence-corrected chi connectivity index (χ2v) is 31.0. The van der Waals surface area contributed by atoms with Crippen molar-refractivity contribution < 1.29 is 89.4 Å². The van der Waals surface area contributed by atoms with E-state index in [1.54, 1.807) is 6.08 Å². The van der Waals surface area contributed by atoms with E-state index < -0.39 is 124 Å². The van der Waals surface area contributed by atoms with Crippen LogP contribution in [0.4, 0.5) is 0 Å². The molecule has 12 N–H and O–H groups in total. The van der Waals surface area contributed by atoms with Gasteiger partial charge in [0.25, 0.3) is 0 Å². The Labute approximate surface area is 671 Å². The Morgan fingerprint density at radius 2 is 0.631 bits per heavy atom. The molecular weight excluding hydrogens is 1410 g/mol. The van der Waals surface area contributed by atoms with Crippen molar-refractivity contribution in [2.24, 2.45) is 0 Å².